The highest BCUT2D eigenvalue weighted by molar-refractivity contribution is 7.47. The van der Waals surface area contributed by atoms with Crippen LogP contribution in [0.2, 0.25) is 0 Å². The second-order valence-electron chi connectivity index (χ2n) is 18.7. The number of carbonyl (C=O) groups is 3. The number of aliphatic hydroxyl groups excluding tert-OH is 1. The van der Waals surface area contributed by atoms with Crippen molar-refractivity contribution in [3.8, 4) is 0 Å². The lowest BCUT2D eigenvalue weighted by molar-refractivity contribution is -0.161. The predicted molar refractivity (Wildman–Crippen MR) is 279 cm³/mol. The summed E-state index contributed by atoms with van der Waals surface area (Å²) in [7, 11) is -4.74. The van der Waals surface area contributed by atoms with Crippen molar-refractivity contribution in [1.82, 2.24) is 0 Å². The van der Waals surface area contributed by atoms with Gasteiger partial charge in [-0.25, -0.2) is 4.57 Å². The highest BCUT2D eigenvalue weighted by atomic mass is 31.2. The molecule has 0 saturated heterocycles. The summed E-state index contributed by atoms with van der Waals surface area (Å²) in [5.41, 5.74) is 0. The second-order valence-corrected chi connectivity index (χ2v) is 20.2. The molecule has 0 bridgehead atoms. The van der Waals surface area contributed by atoms with Crippen LogP contribution in [0.3, 0.4) is 0 Å². The fourth-order valence-corrected chi connectivity index (χ4v) is 8.53. The van der Waals surface area contributed by atoms with Crippen molar-refractivity contribution in [2.24, 2.45) is 0 Å². The molecule has 2 N–H and O–H groups in total. The number of carbonyl (C=O) groups excluding carboxylic acids is 3. The summed E-state index contributed by atoms with van der Waals surface area (Å²) in [6.45, 7) is 4.56. The summed E-state index contributed by atoms with van der Waals surface area (Å²) in [6.07, 6.45) is 51.0. The zero-order valence-electron chi connectivity index (χ0n) is 43.8. The van der Waals surface area contributed by atoms with Crippen LogP contribution in [-0.2, 0) is 42.2 Å². The third-order valence-corrected chi connectivity index (χ3v) is 13.0. The van der Waals surface area contributed by atoms with Crippen molar-refractivity contribution in [3.05, 3.63) is 36.5 Å². The van der Waals surface area contributed by atoms with Crippen molar-refractivity contribution in [2.45, 2.75) is 277 Å². The van der Waals surface area contributed by atoms with Crippen LogP contribution in [0.25, 0.3) is 0 Å². The molecule has 0 aliphatic heterocycles. The van der Waals surface area contributed by atoms with Gasteiger partial charge in [0.25, 0.3) is 0 Å². The monoisotopic (exact) mass is 983 g/mol. The molecule has 0 spiro atoms. The van der Waals surface area contributed by atoms with E-state index < -0.39 is 57.8 Å². The topological polar surface area (TPSA) is 155 Å². The first kappa shape index (κ1) is 65.7. The van der Waals surface area contributed by atoms with Crippen molar-refractivity contribution in [1.29, 1.82) is 0 Å². The molecule has 0 rings (SSSR count). The highest BCUT2D eigenvalue weighted by Crippen LogP contribution is 2.43. The molecule has 0 aromatic carbocycles. The van der Waals surface area contributed by atoms with E-state index in [4.69, 9.17) is 23.3 Å². The number of allylic oxidation sites excluding steroid dienone is 6. The van der Waals surface area contributed by atoms with Crippen molar-refractivity contribution < 1.29 is 52.2 Å². The molecular formula is C56H103O11P. The van der Waals surface area contributed by atoms with E-state index in [0.29, 0.717) is 19.3 Å². The van der Waals surface area contributed by atoms with Gasteiger partial charge in [0.2, 0.25) is 0 Å². The fourth-order valence-electron chi connectivity index (χ4n) is 7.74. The molecule has 0 aromatic heterocycles. The number of hydrogen-bond donors (Lipinski definition) is 2. The molecule has 0 amide bonds. The summed E-state index contributed by atoms with van der Waals surface area (Å²) in [5.74, 6) is -1.47. The van der Waals surface area contributed by atoms with Gasteiger partial charge in [0.1, 0.15) is 12.7 Å². The lowest BCUT2D eigenvalue weighted by atomic mass is 10.0. The van der Waals surface area contributed by atoms with Crippen LogP contribution < -0.4 is 0 Å². The molecular weight excluding hydrogens is 880 g/mol. The van der Waals surface area contributed by atoms with Gasteiger partial charge >= 0.3 is 25.7 Å². The third-order valence-electron chi connectivity index (χ3n) is 12.0. The van der Waals surface area contributed by atoms with Crippen LogP contribution in [0, 0.1) is 0 Å². The number of rotatable bonds is 52. The zero-order valence-corrected chi connectivity index (χ0v) is 44.7. The molecule has 0 radical (unpaired) electrons. The number of aliphatic hydroxyl groups is 1. The number of phosphoric acid groups is 1. The second kappa shape index (κ2) is 51.1. The Morgan fingerprint density at radius 3 is 1.18 bits per heavy atom. The molecule has 3 atom stereocenters. The Labute approximate surface area is 416 Å². The van der Waals surface area contributed by atoms with Gasteiger partial charge in [-0.1, -0.05) is 211 Å². The average molecular weight is 983 g/mol. The minimum absolute atomic E-state index is 0.169. The van der Waals surface area contributed by atoms with Gasteiger partial charge in [0.05, 0.1) is 19.8 Å². The minimum atomic E-state index is -4.74. The van der Waals surface area contributed by atoms with E-state index >= 15 is 0 Å². The number of ether oxygens (including phenoxy) is 3. The molecule has 0 saturated carbocycles. The molecule has 12 heteroatoms. The van der Waals surface area contributed by atoms with Gasteiger partial charge in [-0.3, -0.25) is 23.4 Å². The first-order valence-electron chi connectivity index (χ1n) is 27.9. The van der Waals surface area contributed by atoms with Gasteiger partial charge in [-0.05, 0) is 70.6 Å². The first-order valence-corrected chi connectivity index (χ1v) is 29.4. The standard InChI is InChI=1S/C56H103O11P/c1-4-7-10-13-16-19-22-25-26-29-32-35-38-41-44-47-56(60)67-53(49-63-54(58)45-42-39-36-33-30-27-23-20-17-14-11-8-5-2)51-65-68(61,62)64-50-52(48-57)66-55(59)46-43-40-37-34-31-28-24-21-18-15-12-9-6-3/h11,14,20-21,23-24,52-53,57H,4-10,12-13,15-19,22,25-51H2,1-3H3,(H,61,62)/b14-11-,23-20-,24-21-. The van der Waals surface area contributed by atoms with E-state index in [-0.39, 0.29) is 25.9 Å². The average Bonchev–Trinajstić information content (AvgIpc) is 3.32. The quantitative estimate of drug-likeness (QED) is 0.0197. The van der Waals surface area contributed by atoms with E-state index in [9.17, 15) is 28.9 Å². The van der Waals surface area contributed by atoms with Crippen LogP contribution in [0.1, 0.15) is 265 Å². The zero-order chi connectivity index (χ0) is 49.9. The van der Waals surface area contributed by atoms with E-state index in [1.54, 1.807) is 0 Å². The summed E-state index contributed by atoms with van der Waals surface area (Å²) >= 11 is 0. The van der Waals surface area contributed by atoms with Crippen LogP contribution in [0.4, 0.5) is 0 Å². The minimum Gasteiger partial charge on any atom is -0.462 e. The maximum Gasteiger partial charge on any atom is 0.472 e. The molecule has 0 aliphatic rings. The molecule has 398 valence electrons. The Morgan fingerprint density at radius 1 is 0.412 bits per heavy atom. The molecule has 11 nitrogen and oxygen atoms in total. The van der Waals surface area contributed by atoms with E-state index in [1.807, 2.05) is 0 Å². The Kier molecular flexibility index (Phi) is 49.3. The van der Waals surface area contributed by atoms with Gasteiger partial charge in [0, 0.05) is 19.3 Å². The summed E-state index contributed by atoms with van der Waals surface area (Å²) in [5, 5.41) is 9.79. The maximum atomic E-state index is 12.9. The van der Waals surface area contributed by atoms with Crippen LogP contribution in [0.15, 0.2) is 36.5 Å². The van der Waals surface area contributed by atoms with Crippen molar-refractivity contribution in [3.63, 3.8) is 0 Å². The van der Waals surface area contributed by atoms with Gasteiger partial charge < -0.3 is 24.2 Å². The Hall–Kier alpha value is -2.30. The molecule has 68 heavy (non-hydrogen) atoms. The highest BCUT2D eigenvalue weighted by Gasteiger charge is 2.28. The van der Waals surface area contributed by atoms with Crippen LogP contribution >= 0.6 is 7.82 Å². The van der Waals surface area contributed by atoms with Crippen molar-refractivity contribution >= 4 is 25.7 Å². The number of phosphoric ester groups is 1. The Morgan fingerprint density at radius 2 is 0.750 bits per heavy atom. The van der Waals surface area contributed by atoms with Crippen LogP contribution in [-0.4, -0.2) is 66.5 Å². The summed E-state index contributed by atoms with van der Waals surface area (Å²) < 4.78 is 39.4. The maximum absolute atomic E-state index is 12.9. The van der Waals surface area contributed by atoms with E-state index in [2.05, 4.69) is 57.2 Å². The smallest absolute Gasteiger partial charge is 0.462 e. The molecule has 0 aromatic rings. The largest absolute Gasteiger partial charge is 0.472 e. The van der Waals surface area contributed by atoms with E-state index in [0.717, 1.165) is 103 Å². The predicted octanol–water partition coefficient (Wildman–Crippen LogP) is 16.0. The summed E-state index contributed by atoms with van der Waals surface area (Å²) in [4.78, 5) is 48.4. The Balaban J connectivity index is 4.72. The molecule has 0 heterocycles. The van der Waals surface area contributed by atoms with Gasteiger partial charge in [-0.2, -0.15) is 0 Å². The van der Waals surface area contributed by atoms with Gasteiger partial charge in [0.15, 0.2) is 6.10 Å². The SMILES string of the molecule is CCC/C=C\C/C=C\CCCCCCCC(=O)OCC(COP(=O)(O)OCC(CO)OC(=O)CCCCCCC/C=C\CCCCCC)OC(=O)CCCCCCCCCCCCCCCCC. The third kappa shape index (κ3) is 48.7. The van der Waals surface area contributed by atoms with E-state index in [1.165, 1.54) is 103 Å². The van der Waals surface area contributed by atoms with Crippen LogP contribution in [0.5, 0.6) is 0 Å². The number of hydrogen-bond acceptors (Lipinski definition) is 10. The lowest BCUT2D eigenvalue weighted by Gasteiger charge is -2.21. The fraction of sp³-hybridized carbons (Fsp3) is 0.839. The first-order chi connectivity index (χ1) is 33.2. The molecule has 0 aliphatic carbocycles. The molecule has 0 fully saturated rings. The number of unbranched alkanes of at least 4 members (excludes halogenated alkanes) is 29. The normalized spacial score (nSPS) is 13.7. The molecule has 3 unspecified atom stereocenters. The van der Waals surface area contributed by atoms with Gasteiger partial charge in [-0.15, -0.1) is 0 Å². The number of esters is 3. The summed E-state index contributed by atoms with van der Waals surface area (Å²) in [6, 6.07) is 0. The Bertz CT molecular complexity index is 1280. The lowest BCUT2D eigenvalue weighted by Crippen LogP contribution is -2.30. The van der Waals surface area contributed by atoms with Crippen molar-refractivity contribution in [2.75, 3.05) is 26.4 Å².